The number of nitrogens with zero attached hydrogens (tertiary/aromatic N) is 1. The summed E-state index contributed by atoms with van der Waals surface area (Å²) in [6.07, 6.45) is 9.04. The lowest BCUT2D eigenvalue weighted by atomic mass is 9.53. The molecule has 4 aliphatic rings. The average molecular weight is 372 g/mol. The summed E-state index contributed by atoms with van der Waals surface area (Å²) in [5, 5.41) is 5.25. The molecule has 0 heterocycles. The lowest BCUT2D eigenvalue weighted by Crippen LogP contribution is -2.62. The van der Waals surface area contributed by atoms with Crippen LogP contribution >= 0.6 is 0 Å². The van der Waals surface area contributed by atoms with Crippen LogP contribution in [-0.4, -0.2) is 43.1 Å². The molecule has 0 unspecified atom stereocenters. The number of carbonyl (C=O) groups is 2. The molecular weight excluding hydrogens is 342 g/mol. The predicted molar refractivity (Wildman–Crippen MR) is 94.4 cm³/mol. The third-order valence-corrected chi connectivity index (χ3v) is 7.13. The second kappa shape index (κ2) is 6.78. The zero-order valence-electron chi connectivity index (χ0n) is 15.1. The molecule has 4 fully saturated rings. The highest BCUT2D eigenvalue weighted by Gasteiger charge is 2.51. The number of urea groups is 2. The molecule has 4 saturated carbocycles. The second-order valence-electron chi connectivity index (χ2n) is 8.27. The highest BCUT2D eigenvalue weighted by atomic mass is 32.2. The van der Waals surface area contributed by atoms with Crippen LogP contribution in [0.2, 0.25) is 0 Å². The molecule has 0 aliphatic heterocycles. The number of carbonyl (C=O) groups excluding carboxylic acids is 2. The lowest BCUT2D eigenvalue weighted by Gasteiger charge is -2.56. The number of amides is 4. The fraction of sp³-hybridized carbons (Fsp3) is 0.882. The minimum absolute atomic E-state index is 0.0891. The number of hydrogen-bond acceptors (Lipinski definition) is 4. The molecule has 8 heteroatoms. The van der Waals surface area contributed by atoms with E-state index in [2.05, 4.69) is 10.6 Å². The van der Waals surface area contributed by atoms with Gasteiger partial charge in [0.2, 0.25) is 10.0 Å². The summed E-state index contributed by atoms with van der Waals surface area (Å²) in [6.45, 7) is 2.00. The van der Waals surface area contributed by atoms with E-state index < -0.39 is 22.1 Å². The number of sulfonamides is 1. The molecule has 0 saturated heterocycles. The van der Waals surface area contributed by atoms with E-state index >= 15 is 0 Å². The fourth-order valence-corrected chi connectivity index (χ4v) is 6.22. The molecule has 142 valence electrons. The van der Waals surface area contributed by atoms with E-state index in [9.17, 15) is 18.0 Å². The summed E-state index contributed by atoms with van der Waals surface area (Å²) in [5.74, 6) is 2.04. The van der Waals surface area contributed by atoms with E-state index in [0.29, 0.717) is 24.2 Å². The van der Waals surface area contributed by atoms with Crippen molar-refractivity contribution in [2.24, 2.45) is 17.8 Å². The topological polar surface area (TPSA) is 95.6 Å². The van der Waals surface area contributed by atoms with Gasteiger partial charge in [0.25, 0.3) is 0 Å². The third-order valence-electron chi connectivity index (χ3n) is 5.98. The van der Waals surface area contributed by atoms with Gasteiger partial charge in [-0.3, -0.25) is 5.32 Å². The van der Waals surface area contributed by atoms with E-state index in [1.807, 2.05) is 6.92 Å². The molecule has 0 radical (unpaired) electrons. The van der Waals surface area contributed by atoms with Crippen LogP contribution in [0.1, 0.15) is 58.3 Å². The molecule has 0 aromatic carbocycles. The molecule has 4 aliphatic carbocycles. The molecular formula is C17H29N3O4S. The SMILES string of the molecule is CCCCN(C(=O)NC(=O)NC12CC3CC(CC(C3)C1)C2)S(C)(=O)=O. The van der Waals surface area contributed by atoms with Crippen LogP contribution in [0.4, 0.5) is 9.59 Å². The van der Waals surface area contributed by atoms with Crippen molar-refractivity contribution in [3.05, 3.63) is 0 Å². The average Bonchev–Trinajstić information content (AvgIpc) is 2.43. The minimum Gasteiger partial charge on any atom is -0.332 e. The van der Waals surface area contributed by atoms with E-state index in [4.69, 9.17) is 0 Å². The maximum Gasteiger partial charge on any atom is 0.339 e. The molecule has 25 heavy (non-hydrogen) atoms. The summed E-state index contributed by atoms with van der Waals surface area (Å²) in [6, 6.07) is -1.43. The van der Waals surface area contributed by atoms with Crippen LogP contribution in [0.5, 0.6) is 0 Å². The van der Waals surface area contributed by atoms with Gasteiger partial charge >= 0.3 is 12.1 Å². The monoisotopic (exact) mass is 371 g/mol. The highest BCUT2D eigenvalue weighted by molar-refractivity contribution is 7.88. The molecule has 4 rings (SSSR count). The summed E-state index contributed by atoms with van der Waals surface area (Å²) >= 11 is 0. The van der Waals surface area contributed by atoms with Crippen LogP contribution in [0.3, 0.4) is 0 Å². The van der Waals surface area contributed by atoms with Crippen molar-refractivity contribution in [3.63, 3.8) is 0 Å². The van der Waals surface area contributed by atoms with Gasteiger partial charge < -0.3 is 5.32 Å². The molecule has 0 atom stereocenters. The Labute approximate surface area is 150 Å². The lowest BCUT2D eigenvalue weighted by molar-refractivity contribution is -0.0133. The largest absolute Gasteiger partial charge is 0.339 e. The molecule has 2 N–H and O–H groups in total. The predicted octanol–water partition coefficient (Wildman–Crippen LogP) is 2.44. The Bertz CT molecular complexity index is 611. The van der Waals surface area contributed by atoms with Crippen LogP contribution in [0.25, 0.3) is 0 Å². The Kier molecular flexibility index (Phi) is 5.01. The standard InChI is InChI=1S/C17H29N3O4S/c1-3-4-5-20(25(2,23)24)16(22)18-15(21)19-17-9-12-6-13(10-17)8-14(7-12)11-17/h12-14H,3-11H2,1-2H3,(H2,18,19,21,22). The third kappa shape index (κ3) is 4.10. The number of rotatable bonds is 5. The van der Waals surface area contributed by atoms with Crippen molar-refractivity contribution >= 4 is 22.1 Å². The van der Waals surface area contributed by atoms with Gasteiger partial charge in [0, 0.05) is 12.1 Å². The number of hydrogen-bond donors (Lipinski definition) is 2. The highest BCUT2D eigenvalue weighted by Crippen LogP contribution is 2.55. The van der Waals surface area contributed by atoms with E-state index in [1.54, 1.807) is 0 Å². The van der Waals surface area contributed by atoms with Gasteiger partial charge in [0.15, 0.2) is 0 Å². The number of unbranched alkanes of at least 4 members (excludes halogenated alkanes) is 1. The first-order valence-electron chi connectivity index (χ1n) is 9.31. The first-order chi connectivity index (χ1) is 11.7. The summed E-state index contributed by atoms with van der Waals surface area (Å²) in [4.78, 5) is 24.6. The summed E-state index contributed by atoms with van der Waals surface area (Å²) in [5.41, 5.74) is -0.210. The first-order valence-corrected chi connectivity index (χ1v) is 11.2. The molecule has 7 nitrogen and oxygen atoms in total. The maximum absolute atomic E-state index is 12.4. The van der Waals surface area contributed by atoms with Crippen molar-refractivity contribution in [1.82, 2.24) is 14.9 Å². The Morgan fingerprint density at radius 3 is 2.04 bits per heavy atom. The molecule has 0 aromatic heterocycles. The Morgan fingerprint density at radius 1 is 1.08 bits per heavy atom. The molecule has 4 amide bonds. The van der Waals surface area contributed by atoms with Gasteiger partial charge in [-0.1, -0.05) is 13.3 Å². The molecule has 0 aromatic rings. The van der Waals surface area contributed by atoms with Crippen molar-refractivity contribution < 1.29 is 18.0 Å². The van der Waals surface area contributed by atoms with Crippen molar-refractivity contribution in [2.45, 2.75) is 63.8 Å². The second-order valence-corrected chi connectivity index (χ2v) is 10.2. The maximum atomic E-state index is 12.4. The van der Waals surface area contributed by atoms with Crippen LogP contribution < -0.4 is 10.6 Å². The van der Waals surface area contributed by atoms with Gasteiger partial charge in [0.05, 0.1) is 6.26 Å². The number of nitrogens with one attached hydrogen (secondary N) is 2. The van der Waals surface area contributed by atoms with Crippen molar-refractivity contribution in [1.29, 1.82) is 0 Å². The summed E-state index contributed by atoms with van der Waals surface area (Å²) < 4.78 is 24.4. The van der Waals surface area contributed by atoms with Crippen LogP contribution in [0, 0.1) is 17.8 Å². The quantitative estimate of drug-likeness (QED) is 0.776. The fourth-order valence-electron chi connectivity index (χ4n) is 5.41. The molecule has 0 spiro atoms. The van der Waals surface area contributed by atoms with E-state index in [0.717, 1.165) is 36.2 Å². The smallest absolute Gasteiger partial charge is 0.332 e. The normalized spacial score (nSPS) is 33.1. The zero-order chi connectivity index (χ0) is 18.2. The first kappa shape index (κ1) is 18.5. The van der Waals surface area contributed by atoms with Crippen LogP contribution in [0.15, 0.2) is 0 Å². The van der Waals surface area contributed by atoms with Gasteiger partial charge in [-0.25, -0.2) is 22.3 Å². The van der Waals surface area contributed by atoms with E-state index in [-0.39, 0.29) is 12.1 Å². The van der Waals surface area contributed by atoms with Gasteiger partial charge in [-0.15, -0.1) is 0 Å². The Hall–Kier alpha value is -1.31. The van der Waals surface area contributed by atoms with Crippen LogP contribution in [-0.2, 0) is 10.0 Å². The summed E-state index contributed by atoms with van der Waals surface area (Å²) in [7, 11) is -3.69. The van der Waals surface area contributed by atoms with Gasteiger partial charge in [0.1, 0.15) is 0 Å². The van der Waals surface area contributed by atoms with E-state index in [1.165, 1.54) is 19.3 Å². The van der Waals surface area contributed by atoms with Gasteiger partial charge in [-0.05, 0) is 62.7 Å². The Balaban J connectivity index is 1.61. The van der Waals surface area contributed by atoms with Crippen molar-refractivity contribution in [3.8, 4) is 0 Å². The minimum atomic E-state index is -3.69. The Morgan fingerprint density at radius 2 is 1.60 bits per heavy atom. The number of imide groups is 1. The molecule has 4 bridgehead atoms. The van der Waals surface area contributed by atoms with Crippen molar-refractivity contribution in [2.75, 3.05) is 12.8 Å². The zero-order valence-corrected chi connectivity index (χ0v) is 15.9. The van der Waals surface area contributed by atoms with Gasteiger partial charge in [-0.2, -0.15) is 0 Å².